The van der Waals surface area contributed by atoms with Gasteiger partial charge in [0.15, 0.2) is 0 Å². The summed E-state index contributed by atoms with van der Waals surface area (Å²) in [6.45, 7) is 0. The van der Waals surface area contributed by atoms with E-state index in [2.05, 4.69) is 5.32 Å². The Labute approximate surface area is 132 Å². The number of thiophene rings is 1. The highest BCUT2D eigenvalue weighted by molar-refractivity contribution is 7.14. The maximum Gasteiger partial charge on any atom is 0.251 e. The molecule has 0 fully saturated rings. The molecule has 0 aliphatic rings. The summed E-state index contributed by atoms with van der Waals surface area (Å²) in [5.74, 6) is -0.171. The van der Waals surface area contributed by atoms with E-state index in [1.165, 1.54) is 11.3 Å². The molecule has 2 aromatic carbocycles. The topological polar surface area (TPSA) is 49.4 Å². The normalized spacial score (nSPS) is 10.4. The minimum absolute atomic E-state index is 0.171. The fourth-order valence-corrected chi connectivity index (χ4v) is 3.19. The quantitative estimate of drug-likeness (QED) is 0.749. The van der Waals surface area contributed by atoms with Gasteiger partial charge in [-0.05, 0) is 35.0 Å². The van der Waals surface area contributed by atoms with Gasteiger partial charge in [-0.3, -0.25) is 14.5 Å². The Bertz CT molecular complexity index is 823. The van der Waals surface area contributed by atoms with E-state index in [4.69, 9.17) is 0 Å². The largest absolute Gasteiger partial charge is 0.355 e. The molecular formula is C17H14N2O2S. The van der Waals surface area contributed by atoms with Crippen molar-refractivity contribution < 1.29 is 9.59 Å². The van der Waals surface area contributed by atoms with Crippen LogP contribution in [0.4, 0.5) is 10.7 Å². The van der Waals surface area contributed by atoms with Crippen molar-refractivity contribution in [1.29, 1.82) is 0 Å². The first-order valence-electron chi connectivity index (χ1n) is 6.78. The number of benzene rings is 2. The van der Waals surface area contributed by atoms with Crippen LogP contribution >= 0.6 is 11.3 Å². The Morgan fingerprint density at radius 1 is 1.14 bits per heavy atom. The number of hydrogen-bond acceptors (Lipinski definition) is 3. The van der Waals surface area contributed by atoms with E-state index in [0.717, 1.165) is 22.2 Å². The van der Waals surface area contributed by atoms with Gasteiger partial charge in [-0.1, -0.05) is 24.3 Å². The van der Waals surface area contributed by atoms with Crippen LogP contribution in [0.3, 0.4) is 0 Å². The summed E-state index contributed by atoms with van der Waals surface area (Å²) < 4.78 is 0. The molecule has 0 aliphatic heterocycles. The summed E-state index contributed by atoms with van der Waals surface area (Å²) in [7, 11) is 1.60. The Kier molecular flexibility index (Phi) is 3.89. The van der Waals surface area contributed by atoms with Crippen LogP contribution in [0.2, 0.25) is 0 Å². The molecule has 0 radical (unpaired) electrons. The fourth-order valence-electron chi connectivity index (χ4n) is 2.48. The minimum atomic E-state index is -0.171. The zero-order chi connectivity index (χ0) is 15.5. The Hall–Kier alpha value is -2.66. The Morgan fingerprint density at radius 2 is 1.91 bits per heavy atom. The lowest BCUT2D eigenvalue weighted by molar-refractivity contribution is -0.106. The zero-order valence-electron chi connectivity index (χ0n) is 11.9. The maximum absolute atomic E-state index is 12.2. The van der Waals surface area contributed by atoms with Crippen molar-refractivity contribution in [2.75, 3.05) is 11.9 Å². The van der Waals surface area contributed by atoms with Gasteiger partial charge in [0.2, 0.25) is 6.41 Å². The highest BCUT2D eigenvalue weighted by Gasteiger charge is 2.17. The number of amides is 2. The standard InChI is InChI=1S/C17H14N2O2S/c1-18-17(21)13-7-2-5-12-6-3-8-14(16(12)13)19(11-20)15-9-4-10-22-15/h2-11H,1H3,(H,18,21). The van der Waals surface area contributed by atoms with E-state index in [1.54, 1.807) is 18.0 Å². The van der Waals surface area contributed by atoms with Crippen LogP contribution in [0.5, 0.6) is 0 Å². The molecule has 0 saturated carbocycles. The first-order valence-corrected chi connectivity index (χ1v) is 7.66. The average Bonchev–Trinajstić information content (AvgIpc) is 3.08. The first-order chi connectivity index (χ1) is 10.8. The molecule has 0 saturated heterocycles. The molecule has 110 valence electrons. The number of nitrogens with one attached hydrogen (secondary N) is 1. The van der Waals surface area contributed by atoms with Gasteiger partial charge >= 0.3 is 0 Å². The van der Waals surface area contributed by atoms with Crippen LogP contribution in [-0.4, -0.2) is 19.4 Å². The van der Waals surface area contributed by atoms with Crippen LogP contribution in [0.1, 0.15) is 10.4 Å². The second-order valence-corrected chi connectivity index (χ2v) is 5.61. The van der Waals surface area contributed by atoms with Gasteiger partial charge in [0.1, 0.15) is 5.00 Å². The Balaban J connectivity index is 2.29. The number of nitrogens with zero attached hydrogens (tertiary/aromatic N) is 1. The van der Waals surface area contributed by atoms with Crippen LogP contribution in [0.25, 0.3) is 10.8 Å². The zero-order valence-corrected chi connectivity index (χ0v) is 12.8. The van der Waals surface area contributed by atoms with E-state index >= 15 is 0 Å². The molecule has 1 N–H and O–H groups in total. The highest BCUT2D eigenvalue weighted by Crippen LogP contribution is 2.35. The van der Waals surface area contributed by atoms with Crippen LogP contribution in [0, 0.1) is 0 Å². The van der Waals surface area contributed by atoms with Crippen molar-refractivity contribution in [3.63, 3.8) is 0 Å². The third kappa shape index (κ3) is 2.35. The maximum atomic E-state index is 12.2. The lowest BCUT2D eigenvalue weighted by Gasteiger charge is -2.19. The second-order valence-electron chi connectivity index (χ2n) is 4.69. The molecule has 3 rings (SSSR count). The molecule has 4 nitrogen and oxygen atoms in total. The molecule has 3 aromatic rings. The van der Waals surface area contributed by atoms with Crippen LogP contribution in [-0.2, 0) is 4.79 Å². The average molecular weight is 310 g/mol. The predicted molar refractivity (Wildman–Crippen MR) is 89.9 cm³/mol. The van der Waals surface area contributed by atoms with Gasteiger partial charge in [0.25, 0.3) is 5.91 Å². The fraction of sp³-hybridized carbons (Fsp3) is 0.0588. The third-order valence-corrected chi connectivity index (χ3v) is 4.33. The lowest BCUT2D eigenvalue weighted by atomic mass is 10.0. The van der Waals surface area contributed by atoms with E-state index in [1.807, 2.05) is 47.8 Å². The summed E-state index contributed by atoms with van der Waals surface area (Å²) in [6.07, 6.45) is 0.779. The number of carbonyl (C=O) groups is 2. The van der Waals surface area contributed by atoms with Crippen molar-refractivity contribution in [3.8, 4) is 0 Å². The first kappa shape index (κ1) is 14.3. The van der Waals surface area contributed by atoms with Crippen LogP contribution < -0.4 is 10.2 Å². The Morgan fingerprint density at radius 3 is 2.55 bits per heavy atom. The number of anilines is 2. The number of fused-ring (bicyclic) bond motifs is 1. The molecule has 0 aliphatic carbocycles. The molecule has 1 aromatic heterocycles. The summed E-state index contributed by atoms with van der Waals surface area (Å²) in [4.78, 5) is 25.4. The molecule has 0 bridgehead atoms. The number of rotatable bonds is 4. The molecular weight excluding hydrogens is 296 g/mol. The summed E-state index contributed by atoms with van der Waals surface area (Å²) in [5.41, 5.74) is 1.26. The highest BCUT2D eigenvalue weighted by atomic mass is 32.1. The SMILES string of the molecule is CNC(=O)c1cccc2cccc(N(C=O)c3cccs3)c12. The van der Waals surface area contributed by atoms with E-state index < -0.39 is 0 Å². The minimum Gasteiger partial charge on any atom is -0.355 e. The molecule has 2 amide bonds. The van der Waals surface area contributed by atoms with E-state index in [-0.39, 0.29) is 5.91 Å². The van der Waals surface area contributed by atoms with E-state index in [9.17, 15) is 9.59 Å². The summed E-state index contributed by atoms with van der Waals surface area (Å²) >= 11 is 1.47. The smallest absolute Gasteiger partial charge is 0.251 e. The summed E-state index contributed by atoms with van der Waals surface area (Å²) in [6, 6.07) is 15.0. The number of carbonyl (C=O) groups excluding carboxylic acids is 2. The molecule has 0 atom stereocenters. The van der Waals surface area contributed by atoms with Gasteiger partial charge in [-0.2, -0.15) is 0 Å². The van der Waals surface area contributed by atoms with Gasteiger partial charge in [-0.25, -0.2) is 0 Å². The van der Waals surface area contributed by atoms with Gasteiger partial charge < -0.3 is 5.32 Å². The molecule has 22 heavy (non-hydrogen) atoms. The van der Waals surface area contributed by atoms with Crippen molar-refractivity contribution >= 4 is 45.1 Å². The monoisotopic (exact) mass is 310 g/mol. The van der Waals surface area contributed by atoms with Gasteiger partial charge in [0, 0.05) is 18.0 Å². The lowest BCUT2D eigenvalue weighted by Crippen LogP contribution is -2.19. The molecule has 1 heterocycles. The van der Waals surface area contributed by atoms with Crippen molar-refractivity contribution in [1.82, 2.24) is 5.32 Å². The second kappa shape index (κ2) is 5.99. The van der Waals surface area contributed by atoms with Crippen molar-refractivity contribution in [2.24, 2.45) is 0 Å². The van der Waals surface area contributed by atoms with E-state index in [0.29, 0.717) is 11.3 Å². The predicted octanol–water partition coefficient (Wildman–Crippen LogP) is 3.56. The van der Waals surface area contributed by atoms with Gasteiger partial charge in [0.05, 0.1) is 5.69 Å². The third-order valence-electron chi connectivity index (χ3n) is 3.46. The molecule has 0 unspecified atom stereocenters. The number of hydrogen-bond donors (Lipinski definition) is 1. The summed E-state index contributed by atoms with van der Waals surface area (Å²) in [5, 5.41) is 7.06. The molecule has 5 heteroatoms. The van der Waals surface area contributed by atoms with Gasteiger partial charge in [-0.15, -0.1) is 11.3 Å². The van der Waals surface area contributed by atoms with Crippen LogP contribution in [0.15, 0.2) is 53.9 Å². The van der Waals surface area contributed by atoms with Crippen molar-refractivity contribution in [3.05, 3.63) is 59.5 Å². The van der Waals surface area contributed by atoms with Crippen molar-refractivity contribution in [2.45, 2.75) is 0 Å². The molecule has 0 spiro atoms.